The first-order valence-corrected chi connectivity index (χ1v) is 4.10. The van der Waals surface area contributed by atoms with E-state index in [1.807, 2.05) is 0 Å². The summed E-state index contributed by atoms with van der Waals surface area (Å²) in [6.45, 7) is 1.78. The Morgan fingerprint density at radius 1 is 1.50 bits per heavy atom. The molecule has 0 aromatic carbocycles. The van der Waals surface area contributed by atoms with E-state index in [2.05, 4.69) is 10.1 Å². The van der Waals surface area contributed by atoms with Crippen molar-refractivity contribution in [2.24, 2.45) is 0 Å². The molecular formula is C9H9N3O2. The number of rotatable bonds is 1. The Morgan fingerprint density at radius 2 is 2.29 bits per heavy atom. The molecule has 2 rings (SSSR count). The fourth-order valence-electron chi connectivity index (χ4n) is 1.19. The minimum atomic E-state index is -0.177. The maximum Gasteiger partial charge on any atom is 0.248 e. The summed E-state index contributed by atoms with van der Waals surface area (Å²) in [7, 11) is 0. The Labute approximate surface area is 79.5 Å². The van der Waals surface area contributed by atoms with Crippen LogP contribution >= 0.6 is 0 Å². The Morgan fingerprint density at radius 3 is 2.86 bits per heavy atom. The third kappa shape index (κ3) is 1.28. The first kappa shape index (κ1) is 8.55. The van der Waals surface area contributed by atoms with Crippen molar-refractivity contribution in [1.29, 1.82) is 0 Å². The summed E-state index contributed by atoms with van der Waals surface area (Å²) in [4.78, 5) is 13.7. The number of anilines is 1. The third-order valence-electron chi connectivity index (χ3n) is 1.98. The number of nitrogens with zero attached hydrogens (tertiary/aromatic N) is 1. The van der Waals surface area contributed by atoms with Crippen molar-refractivity contribution >= 4 is 5.88 Å². The molecule has 0 fully saturated rings. The van der Waals surface area contributed by atoms with E-state index in [9.17, 15) is 4.79 Å². The smallest absolute Gasteiger partial charge is 0.248 e. The Hall–Kier alpha value is -2.04. The van der Waals surface area contributed by atoms with Crippen LogP contribution in [0.5, 0.6) is 0 Å². The second-order valence-corrected chi connectivity index (χ2v) is 2.95. The van der Waals surface area contributed by atoms with Crippen LogP contribution in [0.15, 0.2) is 27.5 Å². The molecule has 2 aromatic rings. The van der Waals surface area contributed by atoms with E-state index >= 15 is 0 Å². The minimum absolute atomic E-state index is 0.177. The Balaban J connectivity index is 2.60. The van der Waals surface area contributed by atoms with Gasteiger partial charge in [-0.25, -0.2) is 0 Å². The van der Waals surface area contributed by atoms with Crippen molar-refractivity contribution in [1.82, 2.24) is 10.1 Å². The Bertz CT molecular complexity index is 513. The molecule has 0 aliphatic rings. The summed E-state index contributed by atoms with van der Waals surface area (Å²) in [5.41, 5.74) is 7.22. The number of H-pyrrole nitrogens is 1. The van der Waals surface area contributed by atoms with Gasteiger partial charge in [0, 0.05) is 11.6 Å². The molecule has 2 heterocycles. The fraction of sp³-hybridized carbons (Fsp3) is 0.111. The van der Waals surface area contributed by atoms with Gasteiger partial charge in [-0.2, -0.15) is 0 Å². The molecule has 0 unspecified atom stereocenters. The average Bonchev–Trinajstić information content (AvgIpc) is 2.48. The minimum Gasteiger partial charge on any atom is -0.367 e. The molecule has 72 valence electrons. The van der Waals surface area contributed by atoms with Crippen LogP contribution in [-0.4, -0.2) is 10.1 Å². The number of nitrogen functional groups attached to an aromatic ring is 1. The highest BCUT2D eigenvalue weighted by molar-refractivity contribution is 5.62. The van der Waals surface area contributed by atoms with Crippen LogP contribution in [0, 0.1) is 6.92 Å². The first-order chi connectivity index (χ1) is 6.68. The van der Waals surface area contributed by atoms with Gasteiger partial charge < -0.3 is 15.2 Å². The zero-order valence-corrected chi connectivity index (χ0v) is 7.57. The zero-order valence-electron chi connectivity index (χ0n) is 7.57. The van der Waals surface area contributed by atoms with E-state index in [-0.39, 0.29) is 11.4 Å². The lowest BCUT2D eigenvalue weighted by Gasteiger charge is -1.95. The quantitative estimate of drug-likeness (QED) is 0.701. The van der Waals surface area contributed by atoms with Gasteiger partial charge >= 0.3 is 0 Å². The van der Waals surface area contributed by atoms with Gasteiger partial charge in [-0.15, -0.1) is 0 Å². The maximum absolute atomic E-state index is 11.0. The van der Waals surface area contributed by atoms with Crippen LogP contribution < -0.4 is 11.3 Å². The lowest BCUT2D eigenvalue weighted by atomic mass is 10.2. The highest BCUT2D eigenvalue weighted by Crippen LogP contribution is 2.23. The Kier molecular flexibility index (Phi) is 1.85. The molecule has 14 heavy (non-hydrogen) atoms. The number of aromatic nitrogens is 2. The van der Waals surface area contributed by atoms with Crippen molar-refractivity contribution in [3.63, 3.8) is 0 Å². The molecule has 5 heteroatoms. The lowest BCUT2D eigenvalue weighted by Crippen LogP contribution is -2.04. The molecule has 0 bridgehead atoms. The van der Waals surface area contributed by atoms with Crippen LogP contribution in [0.4, 0.5) is 5.88 Å². The van der Waals surface area contributed by atoms with E-state index < -0.39 is 0 Å². The van der Waals surface area contributed by atoms with E-state index in [1.165, 1.54) is 6.07 Å². The molecule has 0 saturated heterocycles. The second-order valence-electron chi connectivity index (χ2n) is 2.95. The highest BCUT2D eigenvalue weighted by Gasteiger charge is 2.10. The third-order valence-corrected chi connectivity index (χ3v) is 1.98. The van der Waals surface area contributed by atoms with Crippen molar-refractivity contribution in [3.05, 3.63) is 34.1 Å². The monoisotopic (exact) mass is 191 g/mol. The SMILES string of the molecule is Cc1c(-c2cccc(=O)[nH]2)noc1N. The molecule has 0 atom stereocenters. The van der Waals surface area contributed by atoms with Gasteiger partial charge in [0.15, 0.2) is 0 Å². The van der Waals surface area contributed by atoms with Gasteiger partial charge in [-0.05, 0) is 13.0 Å². The normalized spacial score (nSPS) is 10.4. The predicted molar refractivity (Wildman–Crippen MR) is 51.7 cm³/mol. The summed E-state index contributed by atoms with van der Waals surface area (Å²) >= 11 is 0. The average molecular weight is 191 g/mol. The molecule has 0 aliphatic heterocycles. The van der Waals surface area contributed by atoms with Crippen molar-refractivity contribution in [3.8, 4) is 11.4 Å². The van der Waals surface area contributed by atoms with Gasteiger partial charge in [-0.3, -0.25) is 4.79 Å². The molecule has 0 saturated carbocycles. The second kappa shape index (κ2) is 3.02. The van der Waals surface area contributed by atoms with Crippen LogP contribution in [0.1, 0.15) is 5.56 Å². The van der Waals surface area contributed by atoms with E-state index in [0.717, 1.165) is 5.56 Å². The van der Waals surface area contributed by atoms with E-state index in [4.69, 9.17) is 10.3 Å². The van der Waals surface area contributed by atoms with Gasteiger partial charge in [-0.1, -0.05) is 11.2 Å². The van der Waals surface area contributed by atoms with E-state index in [1.54, 1.807) is 19.1 Å². The standard InChI is InChI=1S/C9H9N3O2/c1-5-8(12-14-9(5)10)6-3-2-4-7(13)11-6/h2-4H,10H2,1H3,(H,11,13). The van der Waals surface area contributed by atoms with Gasteiger partial charge in [0.25, 0.3) is 0 Å². The maximum atomic E-state index is 11.0. The first-order valence-electron chi connectivity index (χ1n) is 4.10. The topological polar surface area (TPSA) is 84.9 Å². The molecule has 2 aromatic heterocycles. The van der Waals surface area contributed by atoms with Crippen molar-refractivity contribution < 1.29 is 4.52 Å². The van der Waals surface area contributed by atoms with Crippen LogP contribution in [0.2, 0.25) is 0 Å². The van der Waals surface area contributed by atoms with Crippen LogP contribution in [-0.2, 0) is 0 Å². The van der Waals surface area contributed by atoms with Gasteiger partial charge in [0.05, 0.1) is 5.69 Å². The number of pyridine rings is 1. The number of aromatic amines is 1. The van der Waals surface area contributed by atoms with Crippen LogP contribution in [0.3, 0.4) is 0 Å². The molecule has 0 radical (unpaired) electrons. The molecule has 5 nitrogen and oxygen atoms in total. The molecule has 0 aliphatic carbocycles. The number of hydrogen-bond acceptors (Lipinski definition) is 4. The van der Waals surface area contributed by atoms with Gasteiger partial charge in [0.2, 0.25) is 11.4 Å². The summed E-state index contributed by atoms with van der Waals surface area (Å²) in [5, 5.41) is 3.76. The number of hydrogen-bond donors (Lipinski definition) is 2. The fourth-order valence-corrected chi connectivity index (χ4v) is 1.19. The van der Waals surface area contributed by atoms with Crippen molar-refractivity contribution in [2.75, 3.05) is 5.73 Å². The lowest BCUT2D eigenvalue weighted by molar-refractivity contribution is 0.438. The summed E-state index contributed by atoms with van der Waals surface area (Å²) < 4.78 is 4.80. The zero-order chi connectivity index (χ0) is 10.1. The molecular weight excluding hydrogens is 182 g/mol. The molecule has 0 amide bonds. The van der Waals surface area contributed by atoms with Crippen molar-refractivity contribution in [2.45, 2.75) is 6.92 Å². The predicted octanol–water partition coefficient (Wildman–Crippen LogP) is 0.921. The number of nitrogens with two attached hydrogens (primary N) is 1. The largest absolute Gasteiger partial charge is 0.367 e. The van der Waals surface area contributed by atoms with Gasteiger partial charge in [0.1, 0.15) is 5.69 Å². The molecule has 0 spiro atoms. The van der Waals surface area contributed by atoms with E-state index in [0.29, 0.717) is 11.4 Å². The highest BCUT2D eigenvalue weighted by atomic mass is 16.5. The van der Waals surface area contributed by atoms with Crippen LogP contribution in [0.25, 0.3) is 11.4 Å². The summed E-state index contributed by atoms with van der Waals surface area (Å²) in [5.74, 6) is 0.268. The molecule has 3 N–H and O–H groups in total. The summed E-state index contributed by atoms with van der Waals surface area (Å²) in [6.07, 6.45) is 0. The summed E-state index contributed by atoms with van der Waals surface area (Å²) in [6, 6.07) is 4.83. The number of nitrogens with one attached hydrogen (secondary N) is 1.